The first-order chi connectivity index (χ1) is 11.8. The lowest BCUT2D eigenvalue weighted by Gasteiger charge is -1.59. The molecular formula is C15H30O12. The molecular weight excluding hydrogens is 372 g/mol. The first-order valence-corrected chi connectivity index (χ1v) is 6.55. The molecule has 0 aromatic heterocycles. The van der Waals surface area contributed by atoms with Crippen LogP contribution in [0, 0.1) is 0 Å². The van der Waals surface area contributed by atoms with E-state index in [2.05, 4.69) is 6.58 Å². The third-order valence-corrected chi connectivity index (χ3v) is 0. The second kappa shape index (κ2) is 43.3. The molecule has 6 N–H and O–H groups in total. The topological polar surface area (TPSA) is 224 Å². The number of carboxylic acids is 6. The monoisotopic (exact) mass is 402 g/mol. The molecule has 0 amide bonds. The summed E-state index contributed by atoms with van der Waals surface area (Å²) in [6.07, 6.45) is 1.75. The Morgan fingerprint density at radius 1 is 0.481 bits per heavy atom. The van der Waals surface area contributed by atoms with Crippen LogP contribution < -0.4 is 0 Å². The predicted octanol–water partition coefficient (Wildman–Crippen LogP) is 1.74. The SMILES string of the molecule is C=CC.CC(=O)O.CC(=O)O.CC(=O)O.CC(=O)O.CC(=O)O.CC(=O)O. The number of hydrogen-bond donors (Lipinski definition) is 6. The Morgan fingerprint density at radius 2 is 0.481 bits per heavy atom. The Hall–Kier alpha value is -3.44. The summed E-state index contributed by atoms with van der Waals surface area (Å²) in [5.74, 6) is -5.00. The van der Waals surface area contributed by atoms with E-state index in [0.717, 1.165) is 41.5 Å². The van der Waals surface area contributed by atoms with Gasteiger partial charge in [0.05, 0.1) is 0 Å². The summed E-state index contributed by atoms with van der Waals surface area (Å²) in [7, 11) is 0. The van der Waals surface area contributed by atoms with Crippen LogP contribution in [0.25, 0.3) is 0 Å². The zero-order valence-corrected chi connectivity index (χ0v) is 16.4. The van der Waals surface area contributed by atoms with Crippen molar-refractivity contribution in [2.24, 2.45) is 0 Å². The van der Waals surface area contributed by atoms with E-state index in [0.29, 0.717) is 0 Å². The first kappa shape index (κ1) is 43.7. The Labute approximate surface area is 157 Å². The van der Waals surface area contributed by atoms with Crippen LogP contribution in [-0.4, -0.2) is 66.5 Å². The van der Waals surface area contributed by atoms with Crippen LogP contribution >= 0.6 is 0 Å². The van der Waals surface area contributed by atoms with Crippen molar-refractivity contribution in [1.82, 2.24) is 0 Å². The lowest BCUT2D eigenvalue weighted by molar-refractivity contribution is -0.135. The molecule has 0 bridgehead atoms. The summed E-state index contributed by atoms with van der Waals surface area (Å²) in [5.41, 5.74) is 0. The van der Waals surface area contributed by atoms with E-state index in [1.54, 1.807) is 6.08 Å². The molecule has 0 atom stereocenters. The van der Waals surface area contributed by atoms with E-state index in [1.807, 2.05) is 6.92 Å². The highest BCUT2D eigenvalue weighted by molar-refractivity contribution is 5.64. The van der Waals surface area contributed by atoms with Gasteiger partial charge in [0.15, 0.2) is 0 Å². The van der Waals surface area contributed by atoms with Gasteiger partial charge in [0, 0.05) is 41.5 Å². The molecule has 0 heterocycles. The normalized spacial score (nSPS) is 6.04. The standard InChI is InChI=1S/C3H6.6C2H4O2/c1-3-2;6*1-2(3)4/h3H,1H2,2H3;6*1H3,(H,3,4). The average Bonchev–Trinajstić information content (AvgIpc) is 2.22. The lowest BCUT2D eigenvalue weighted by atomic mass is 10.8. The van der Waals surface area contributed by atoms with E-state index in [4.69, 9.17) is 59.4 Å². The lowest BCUT2D eigenvalue weighted by Crippen LogP contribution is -1.78. The minimum atomic E-state index is -0.833. The zero-order chi connectivity index (χ0) is 24.2. The van der Waals surface area contributed by atoms with Gasteiger partial charge in [-0.1, -0.05) is 6.08 Å². The van der Waals surface area contributed by atoms with E-state index >= 15 is 0 Å². The van der Waals surface area contributed by atoms with Crippen molar-refractivity contribution < 1.29 is 59.4 Å². The van der Waals surface area contributed by atoms with Gasteiger partial charge in [-0.2, -0.15) is 0 Å². The van der Waals surface area contributed by atoms with Crippen LogP contribution in [-0.2, 0) is 28.8 Å². The molecule has 12 heteroatoms. The van der Waals surface area contributed by atoms with E-state index in [1.165, 1.54) is 0 Å². The van der Waals surface area contributed by atoms with Gasteiger partial charge in [-0.05, 0) is 6.92 Å². The van der Waals surface area contributed by atoms with Gasteiger partial charge in [0.2, 0.25) is 0 Å². The molecule has 0 saturated heterocycles. The van der Waals surface area contributed by atoms with Gasteiger partial charge in [-0.25, -0.2) is 0 Å². The zero-order valence-electron chi connectivity index (χ0n) is 16.4. The van der Waals surface area contributed by atoms with Gasteiger partial charge in [-0.15, -0.1) is 6.58 Å². The number of hydrogen-bond acceptors (Lipinski definition) is 6. The maximum Gasteiger partial charge on any atom is 0.300 e. The van der Waals surface area contributed by atoms with Crippen LogP contribution in [0.5, 0.6) is 0 Å². The van der Waals surface area contributed by atoms with Crippen molar-refractivity contribution in [2.75, 3.05) is 0 Å². The predicted molar refractivity (Wildman–Crippen MR) is 95.7 cm³/mol. The van der Waals surface area contributed by atoms with Crippen LogP contribution in [0.4, 0.5) is 0 Å². The van der Waals surface area contributed by atoms with E-state index < -0.39 is 35.8 Å². The average molecular weight is 402 g/mol. The highest BCUT2D eigenvalue weighted by Gasteiger charge is 1.67. The number of allylic oxidation sites excluding steroid dienone is 1. The Morgan fingerprint density at radius 3 is 0.481 bits per heavy atom. The minimum absolute atomic E-state index is 0.833. The summed E-state index contributed by atoms with van der Waals surface area (Å²) in [6.45, 7) is 11.8. The van der Waals surface area contributed by atoms with Crippen LogP contribution in [0.1, 0.15) is 48.5 Å². The van der Waals surface area contributed by atoms with E-state index in [-0.39, 0.29) is 0 Å². The second-order valence-electron chi connectivity index (χ2n) is 3.52. The molecule has 0 rings (SSSR count). The van der Waals surface area contributed by atoms with Gasteiger partial charge in [0.1, 0.15) is 0 Å². The van der Waals surface area contributed by atoms with Gasteiger partial charge >= 0.3 is 0 Å². The minimum Gasteiger partial charge on any atom is -0.481 e. The second-order valence-corrected chi connectivity index (χ2v) is 3.52. The number of carboxylic acid groups (broad SMARTS) is 6. The molecule has 12 nitrogen and oxygen atoms in total. The molecule has 162 valence electrons. The number of carbonyl (C=O) groups is 6. The first-order valence-electron chi connectivity index (χ1n) is 6.55. The summed E-state index contributed by atoms with van der Waals surface area (Å²) < 4.78 is 0. The molecule has 0 aromatic rings. The van der Waals surface area contributed by atoms with Crippen molar-refractivity contribution in [2.45, 2.75) is 48.5 Å². The maximum atomic E-state index is 9.00. The quantitative estimate of drug-likeness (QED) is 0.318. The molecule has 0 aromatic carbocycles. The molecule has 0 saturated carbocycles. The van der Waals surface area contributed by atoms with E-state index in [9.17, 15) is 0 Å². The Kier molecular flexibility index (Phi) is 70.1. The highest BCUT2D eigenvalue weighted by Crippen LogP contribution is 1.44. The summed E-state index contributed by atoms with van der Waals surface area (Å²) >= 11 is 0. The van der Waals surface area contributed by atoms with Crippen LogP contribution in [0.3, 0.4) is 0 Å². The molecule has 27 heavy (non-hydrogen) atoms. The van der Waals surface area contributed by atoms with Gasteiger partial charge in [-0.3, -0.25) is 28.8 Å². The van der Waals surface area contributed by atoms with Crippen molar-refractivity contribution in [3.63, 3.8) is 0 Å². The van der Waals surface area contributed by atoms with Gasteiger partial charge < -0.3 is 30.6 Å². The van der Waals surface area contributed by atoms with Crippen molar-refractivity contribution >= 4 is 35.8 Å². The molecule has 0 fully saturated rings. The van der Waals surface area contributed by atoms with Crippen molar-refractivity contribution in [3.05, 3.63) is 12.7 Å². The summed E-state index contributed by atoms with van der Waals surface area (Å²) in [6, 6.07) is 0. The molecule has 0 radical (unpaired) electrons. The number of aliphatic carboxylic acids is 6. The van der Waals surface area contributed by atoms with Crippen molar-refractivity contribution in [1.29, 1.82) is 0 Å². The third kappa shape index (κ3) is 806. The largest absolute Gasteiger partial charge is 0.481 e. The molecule has 0 unspecified atom stereocenters. The fourth-order valence-corrected chi connectivity index (χ4v) is 0. The Balaban J connectivity index is -0.0000000346. The van der Waals surface area contributed by atoms with Crippen LogP contribution in [0.2, 0.25) is 0 Å². The molecule has 0 aliphatic rings. The fraction of sp³-hybridized carbons (Fsp3) is 0.467. The smallest absolute Gasteiger partial charge is 0.300 e. The number of rotatable bonds is 0. The third-order valence-electron chi connectivity index (χ3n) is 0. The molecule has 0 aliphatic carbocycles. The highest BCUT2D eigenvalue weighted by atomic mass is 16.4. The summed E-state index contributed by atoms with van der Waals surface area (Å²) in [5, 5.41) is 44.5. The van der Waals surface area contributed by atoms with Crippen molar-refractivity contribution in [3.8, 4) is 0 Å². The maximum absolute atomic E-state index is 9.00. The fourth-order valence-electron chi connectivity index (χ4n) is 0. The van der Waals surface area contributed by atoms with Gasteiger partial charge in [0.25, 0.3) is 35.8 Å². The molecule has 0 spiro atoms. The van der Waals surface area contributed by atoms with Crippen LogP contribution in [0.15, 0.2) is 12.7 Å². The summed E-state index contributed by atoms with van der Waals surface area (Å²) in [4.78, 5) is 54.0. The molecule has 0 aliphatic heterocycles. The Bertz CT molecular complexity index is 296.